The number of nitrogens with zero attached hydrogens (tertiary/aromatic N) is 2. The maximum atomic E-state index is 5.94. The van der Waals surface area contributed by atoms with Crippen LogP contribution in [0.1, 0.15) is 33.1 Å². The van der Waals surface area contributed by atoms with Crippen LogP contribution in [0.2, 0.25) is 0 Å². The molecule has 4 atom stereocenters. The van der Waals surface area contributed by atoms with E-state index >= 15 is 0 Å². The van der Waals surface area contributed by atoms with Crippen molar-refractivity contribution in [3.8, 4) is 0 Å². The van der Waals surface area contributed by atoms with Gasteiger partial charge in [0.1, 0.15) is 0 Å². The monoisotopic (exact) mass is 225 g/mol. The first-order chi connectivity index (χ1) is 7.61. The van der Waals surface area contributed by atoms with Crippen molar-refractivity contribution in [2.45, 2.75) is 51.2 Å². The van der Waals surface area contributed by atoms with Crippen molar-refractivity contribution in [1.82, 2.24) is 9.80 Å². The van der Waals surface area contributed by atoms with Gasteiger partial charge in [-0.3, -0.25) is 4.90 Å². The summed E-state index contributed by atoms with van der Waals surface area (Å²) >= 11 is 0. The second-order valence-electron chi connectivity index (χ2n) is 5.94. The summed E-state index contributed by atoms with van der Waals surface area (Å²) in [4.78, 5) is 5.18. The number of hydrogen-bond acceptors (Lipinski definition) is 3. The van der Waals surface area contributed by atoms with E-state index in [1.807, 2.05) is 0 Å². The largest absolute Gasteiger partial charge is 0.329 e. The van der Waals surface area contributed by atoms with Crippen molar-refractivity contribution in [2.75, 3.05) is 26.7 Å². The van der Waals surface area contributed by atoms with Gasteiger partial charge >= 0.3 is 0 Å². The van der Waals surface area contributed by atoms with Crippen LogP contribution in [0.4, 0.5) is 0 Å². The topological polar surface area (TPSA) is 32.5 Å². The Hall–Kier alpha value is -0.120. The molecule has 2 aliphatic rings. The first kappa shape index (κ1) is 12.3. The third kappa shape index (κ3) is 2.41. The SMILES string of the molecule is CC1CCN(C2CC(C)N(C)C2)C(CN)C1. The molecule has 0 aromatic carbocycles. The summed E-state index contributed by atoms with van der Waals surface area (Å²) in [6, 6.07) is 2.12. The molecular weight excluding hydrogens is 198 g/mol. The molecule has 0 amide bonds. The first-order valence-corrected chi connectivity index (χ1v) is 6.77. The van der Waals surface area contributed by atoms with Gasteiger partial charge in [0, 0.05) is 31.2 Å². The van der Waals surface area contributed by atoms with E-state index in [2.05, 4.69) is 30.7 Å². The average Bonchev–Trinajstić information content (AvgIpc) is 2.59. The Morgan fingerprint density at radius 3 is 2.56 bits per heavy atom. The molecule has 3 heteroatoms. The molecule has 3 nitrogen and oxygen atoms in total. The fourth-order valence-electron chi connectivity index (χ4n) is 3.38. The van der Waals surface area contributed by atoms with Crippen LogP contribution in [0.3, 0.4) is 0 Å². The molecule has 0 radical (unpaired) electrons. The first-order valence-electron chi connectivity index (χ1n) is 6.77. The highest BCUT2D eigenvalue weighted by atomic mass is 15.3. The van der Waals surface area contributed by atoms with Crippen molar-refractivity contribution < 1.29 is 0 Å². The number of nitrogens with two attached hydrogens (primary N) is 1. The van der Waals surface area contributed by atoms with E-state index in [1.165, 1.54) is 32.4 Å². The number of piperidine rings is 1. The van der Waals surface area contributed by atoms with Crippen LogP contribution in [-0.4, -0.2) is 54.6 Å². The maximum Gasteiger partial charge on any atom is 0.0241 e. The third-order valence-corrected chi connectivity index (χ3v) is 4.63. The van der Waals surface area contributed by atoms with E-state index in [0.717, 1.165) is 24.5 Å². The highest BCUT2D eigenvalue weighted by Gasteiger charge is 2.36. The number of hydrogen-bond donors (Lipinski definition) is 1. The molecular formula is C13H27N3. The van der Waals surface area contributed by atoms with Crippen molar-refractivity contribution in [3.63, 3.8) is 0 Å². The fraction of sp³-hybridized carbons (Fsp3) is 1.00. The van der Waals surface area contributed by atoms with Gasteiger partial charge in [0.25, 0.3) is 0 Å². The number of rotatable bonds is 2. The summed E-state index contributed by atoms with van der Waals surface area (Å²) < 4.78 is 0. The second-order valence-corrected chi connectivity index (χ2v) is 5.94. The molecule has 2 saturated heterocycles. The summed E-state index contributed by atoms with van der Waals surface area (Å²) in [5.74, 6) is 0.862. The zero-order valence-electron chi connectivity index (χ0n) is 11.0. The normalized spacial score (nSPS) is 42.8. The van der Waals surface area contributed by atoms with E-state index < -0.39 is 0 Å². The minimum Gasteiger partial charge on any atom is -0.329 e. The van der Waals surface area contributed by atoms with Crippen LogP contribution in [0.25, 0.3) is 0 Å². The lowest BCUT2D eigenvalue weighted by atomic mass is 9.90. The molecule has 2 rings (SSSR count). The van der Waals surface area contributed by atoms with E-state index in [1.54, 1.807) is 0 Å². The molecule has 0 bridgehead atoms. The molecule has 0 aromatic rings. The predicted octanol–water partition coefficient (Wildman–Crippen LogP) is 1.14. The zero-order valence-corrected chi connectivity index (χ0v) is 11.0. The van der Waals surface area contributed by atoms with Crippen LogP contribution in [0.15, 0.2) is 0 Å². The summed E-state index contributed by atoms with van der Waals surface area (Å²) in [5, 5.41) is 0. The molecule has 0 spiro atoms. The predicted molar refractivity (Wildman–Crippen MR) is 68.4 cm³/mol. The van der Waals surface area contributed by atoms with Crippen molar-refractivity contribution in [2.24, 2.45) is 11.7 Å². The average molecular weight is 225 g/mol. The highest BCUT2D eigenvalue weighted by molar-refractivity contribution is 4.92. The van der Waals surface area contributed by atoms with Crippen molar-refractivity contribution in [1.29, 1.82) is 0 Å². The van der Waals surface area contributed by atoms with Crippen LogP contribution in [-0.2, 0) is 0 Å². The summed E-state index contributed by atoms with van der Waals surface area (Å²) in [5.41, 5.74) is 5.94. The van der Waals surface area contributed by atoms with Crippen molar-refractivity contribution in [3.05, 3.63) is 0 Å². The van der Waals surface area contributed by atoms with Gasteiger partial charge in [-0.1, -0.05) is 6.92 Å². The van der Waals surface area contributed by atoms with Gasteiger partial charge < -0.3 is 10.6 Å². The minimum atomic E-state index is 0.632. The molecule has 0 aliphatic carbocycles. The van der Waals surface area contributed by atoms with Gasteiger partial charge in [-0.15, -0.1) is 0 Å². The van der Waals surface area contributed by atoms with Gasteiger partial charge in [-0.2, -0.15) is 0 Å². The fourth-order valence-corrected chi connectivity index (χ4v) is 3.38. The maximum absolute atomic E-state index is 5.94. The van der Waals surface area contributed by atoms with E-state index in [4.69, 9.17) is 5.73 Å². The Morgan fingerprint density at radius 1 is 1.25 bits per heavy atom. The lowest BCUT2D eigenvalue weighted by molar-refractivity contribution is 0.0798. The third-order valence-electron chi connectivity index (χ3n) is 4.63. The van der Waals surface area contributed by atoms with Crippen molar-refractivity contribution >= 4 is 0 Å². The standard InChI is InChI=1S/C13H27N3/c1-10-4-5-16(12(6-10)8-14)13-7-11(2)15(3)9-13/h10-13H,4-9,14H2,1-3H3. The lowest BCUT2D eigenvalue weighted by Gasteiger charge is -2.41. The molecule has 0 aromatic heterocycles. The van der Waals surface area contributed by atoms with Crippen LogP contribution in [0, 0.1) is 5.92 Å². The van der Waals surface area contributed by atoms with E-state index in [-0.39, 0.29) is 0 Å². The van der Waals surface area contributed by atoms with Gasteiger partial charge in [0.2, 0.25) is 0 Å². The number of likely N-dealkylation sites (N-methyl/N-ethyl adjacent to an activating group) is 1. The smallest absolute Gasteiger partial charge is 0.0241 e. The van der Waals surface area contributed by atoms with Gasteiger partial charge in [-0.25, -0.2) is 0 Å². The lowest BCUT2D eigenvalue weighted by Crippen LogP contribution is -2.51. The molecule has 4 unspecified atom stereocenters. The molecule has 2 fully saturated rings. The zero-order chi connectivity index (χ0) is 11.7. The molecule has 2 N–H and O–H groups in total. The van der Waals surface area contributed by atoms with Crippen LogP contribution >= 0.6 is 0 Å². The molecule has 2 heterocycles. The van der Waals surface area contributed by atoms with E-state index in [9.17, 15) is 0 Å². The Kier molecular flexibility index (Phi) is 3.88. The Balaban J connectivity index is 1.97. The van der Waals surface area contributed by atoms with Gasteiger partial charge in [0.05, 0.1) is 0 Å². The Morgan fingerprint density at radius 2 is 2.00 bits per heavy atom. The quantitative estimate of drug-likeness (QED) is 0.765. The van der Waals surface area contributed by atoms with Gasteiger partial charge in [0.15, 0.2) is 0 Å². The summed E-state index contributed by atoms with van der Waals surface area (Å²) in [6.45, 7) is 8.02. The second kappa shape index (κ2) is 5.03. The number of likely N-dealkylation sites (tertiary alicyclic amines) is 2. The van der Waals surface area contributed by atoms with Gasteiger partial charge in [-0.05, 0) is 45.7 Å². The van der Waals surface area contributed by atoms with Crippen LogP contribution in [0.5, 0.6) is 0 Å². The van der Waals surface area contributed by atoms with Crippen LogP contribution < -0.4 is 5.73 Å². The molecule has 2 aliphatic heterocycles. The minimum absolute atomic E-state index is 0.632. The Labute approximate surface area is 100.0 Å². The Bertz CT molecular complexity index is 221. The molecule has 16 heavy (non-hydrogen) atoms. The van der Waals surface area contributed by atoms with E-state index in [0.29, 0.717) is 6.04 Å². The summed E-state index contributed by atoms with van der Waals surface area (Å²) in [7, 11) is 2.24. The molecule has 0 saturated carbocycles. The summed E-state index contributed by atoms with van der Waals surface area (Å²) in [6.07, 6.45) is 3.97. The molecule has 94 valence electrons. The highest BCUT2D eigenvalue weighted by Crippen LogP contribution is 2.28.